The van der Waals surface area contributed by atoms with E-state index < -0.39 is 6.10 Å². The summed E-state index contributed by atoms with van der Waals surface area (Å²) in [5, 5.41) is 9.72. The zero-order chi connectivity index (χ0) is 13.0. The molecule has 0 spiro atoms. The number of benzene rings is 1. The molecule has 2 atom stereocenters. The van der Waals surface area contributed by atoms with Crippen LogP contribution in [0.3, 0.4) is 0 Å². The lowest BCUT2D eigenvalue weighted by Gasteiger charge is -2.23. The van der Waals surface area contributed by atoms with Gasteiger partial charge in [0.1, 0.15) is 0 Å². The van der Waals surface area contributed by atoms with E-state index in [1.54, 1.807) is 7.11 Å². The van der Waals surface area contributed by atoms with Crippen LogP contribution in [0.15, 0.2) is 29.2 Å². The third-order valence-electron chi connectivity index (χ3n) is 3.21. The van der Waals surface area contributed by atoms with Crippen molar-refractivity contribution >= 4 is 11.8 Å². The predicted octanol–water partition coefficient (Wildman–Crippen LogP) is 1.82. The first-order valence-corrected chi connectivity index (χ1v) is 7.26. The molecule has 4 heteroatoms. The predicted molar refractivity (Wildman–Crippen MR) is 75.3 cm³/mol. The van der Waals surface area contributed by atoms with E-state index in [9.17, 15) is 5.11 Å². The maximum Gasteiger partial charge on any atom is 0.0899 e. The minimum atomic E-state index is -0.399. The molecule has 0 radical (unpaired) electrons. The number of aliphatic hydroxyl groups is 1. The van der Waals surface area contributed by atoms with E-state index in [1.165, 1.54) is 10.5 Å². The van der Waals surface area contributed by atoms with E-state index in [4.69, 9.17) is 4.74 Å². The monoisotopic (exact) mass is 267 g/mol. The maximum atomic E-state index is 9.72. The van der Waals surface area contributed by atoms with Crippen LogP contribution in [0, 0.1) is 0 Å². The summed E-state index contributed by atoms with van der Waals surface area (Å²) < 4.78 is 4.95. The van der Waals surface area contributed by atoms with Crippen molar-refractivity contribution < 1.29 is 9.84 Å². The first-order valence-electron chi connectivity index (χ1n) is 6.28. The maximum absolute atomic E-state index is 9.72. The molecule has 100 valence electrons. The van der Waals surface area contributed by atoms with Gasteiger partial charge in [-0.05, 0) is 18.7 Å². The number of fused-ring (bicyclic) bond motifs is 1. The van der Waals surface area contributed by atoms with Crippen LogP contribution in [0.2, 0.25) is 0 Å². The molecule has 1 heterocycles. The van der Waals surface area contributed by atoms with Crippen LogP contribution in [0.4, 0.5) is 0 Å². The number of ether oxygens (including phenoxy) is 1. The second-order valence-corrected chi connectivity index (χ2v) is 5.94. The van der Waals surface area contributed by atoms with Gasteiger partial charge in [-0.15, -0.1) is 11.8 Å². The second kappa shape index (κ2) is 6.57. The number of thioether (sulfide) groups is 1. The molecule has 3 nitrogen and oxygen atoms in total. The molecule has 2 rings (SSSR count). The Morgan fingerprint density at radius 1 is 1.50 bits per heavy atom. The summed E-state index contributed by atoms with van der Waals surface area (Å²) in [5.74, 6) is 1.72. The van der Waals surface area contributed by atoms with Gasteiger partial charge in [-0.25, -0.2) is 0 Å². The average molecular weight is 267 g/mol. The van der Waals surface area contributed by atoms with Gasteiger partial charge in [-0.3, -0.25) is 0 Å². The molecule has 0 amide bonds. The van der Waals surface area contributed by atoms with Gasteiger partial charge >= 0.3 is 0 Å². The minimum Gasteiger partial charge on any atom is -0.389 e. The van der Waals surface area contributed by atoms with Crippen LogP contribution in [0.5, 0.6) is 0 Å². The molecule has 0 bridgehead atoms. The summed E-state index contributed by atoms with van der Waals surface area (Å²) in [6.45, 7) is 2.06. The van der Waals surface area contributed by atoms with Gasteiger partial charge in [0.25, 0.3) is 0 Å². The number of hydrogen-bond donors (Lipinski definition) is 1. The summed E-state index contributed by atoms with van der Waals surface area (Å²) >= 11 is 1.93. The van der Waals surface area contributed by atoms with Crippen LogP contribution in [-0.4, -0.2) is 55.7 Å². The Labute approximate surface area is 113 Å². The first kappa shape index (κ1) is 13.9. The lowest BCUT2D eigenvalue weighted by molar-refractivity contribution is 0.0425. The molecule has 0 fully saturated rings. The van der Waals surface area contributed by atoms with Crippen molar-refractivity contribution in [3.8, 4) is 0 Å². The van der Waals surface area contributed by atoms with Crippen molar-refractivity contribution in [1.29, 1.82) is 0 Å². The van der Waals surface area contributed by atoms with Gasteiger partial charge in [0.2, 0.25) is 0 Å². The van der Waals surface area contributed by atoms with Crippen LogP contribution in [-0.2, 0) is 4.74 Å². The highest BCUT2D eigenvalue weighted by Gasteiger charge is 2.24. The van der Waals surface area contributed by atoms with Gasteiger partial charge in [0.05, 0.1) is 12.7 Å². The van der Waals surface area contributed by atoms with E-state index in [-0.39, 0.29) is 0 Å². The quantitative estimate of drug-likeness (QED) is 0.852. The number of hydrogen-bond acceptors (Lipinski definition) is 4. The normalized spacial score (nSPS) is 20.1. The highest BCUT2D eigenvalue weighted by atomic mass is 32.2. The summed E-state index contributed by atoms with van der Waals surface area (Å²) in [6.07, 6.45) is -0.399. The Morgan fingerprint density at radius 2 is 2.28 bits per heavy atom. The fourth-order valence-electron chi connectivity index (χ4n) is 2.44. The third-order valence-corrected chi connectivity index (χ3v) is 4.46. The molecule has 1 N–H and O–H groups in total. The molecular formula is C14H21NO2S. The standard InChI is InChI=1S/C14H21NO2S/c1-15(8-12(16)9-17-2)7-11-10-18-14-6-4-3-5-13(11)14/h3-6,11-12,16H,7-10H2,1-2H3. The lowest BCUT2D eigenvalue weighted by Crippen LogP contribution is -2.34. The van der Waals surface area contributed by atoms with E-state index >= 15 is 0 Å². The lowest BCUT2D eigenvalue weighted by atomic mass is 10.0. The van der Waals surface area contributed by atoms with Crippen LogP contribution in [0.1, 0.15) is 11.5 Å². The SMILES string of the molecule is COCC(O)CN(C)CC1CSc2ccccc21. The third kappa shape index (κ3) is 3.48. The average Bonchev–Trinajstić information content (AvgIpc) is 2.73. The molecule has 18 heavy (non-hydrogen) atoms. The molecule has 1 aromatic carbocycles. The fourth-order valence-corrected chi connectivity index (χ4v) is 3.68. The topological polar surface area (TPSA) is 32.7 Å². The molecule has 0 aliphatic carbocycles. The Hall–Kier alpha value is -0.550. The van der Waals surface area contributed by atoms with Gasteiger partial charge in [-0.1, -0.05) is 18.2 Å². The molecule has 2 unspecified atom stereocenters. The molecule has 1 aliphatic rings. The van der Waals surface area contributed by atoms with Crippen molar-refractivity contribution in [1.82, 2.24) is 4.90 Å². The number of likely N-dealkylation sites (N-methyl/N-ethyl adjacent to an activating group) is 1. The van der Waals surface area contributed by atoms with Gasteiger partial charge in [-0.2, -0.15) is 0 Å². The van der Waals surface area contributed by atoms with E-state index in [0.717, 1.165) is 12.3 Å². The summed E-state index contributed by atoms with van der Waals surface area (Å²) in [5.41, 5.74) is 1.45. The largest absolute Gasteiger partial charge is 0.389 e. The zero-order valence-electron chi connectivity index (χ0n) is 11.0. The van der Waals surface area contributed by atoms with Gasteiger partial charge < -0.3 is 14.7 Å². The number of rotatable bonds is 6. The Kier molecular flexibility index (Phi) is 5.06. The van der Waals surface area contributed by atoms with Crippen molar-refractivity contribution in [2.75, 3.05) is 39.6 Å². The smallest absolute Gasteiger partial charge is 0.0899 e. The van der Waals surface area contributed by atoms with E-state index in [2.05, 4.69) is 36.2 Å². The molecular weight excluding hydrogens is 246 g/mol. The minimum absolute atomic E-state index is 0.399. The molecule has 1 aromatic rings. The summed E-state index contributed by atoms with van der Waals surface area (Å²) in [6, 6.07) is 8.62. The zero-order valence-corrected chi connectivity index (χ0v) is 11.8. The van der Waals surface area contributed by atoms with E-state index in [1.807, 2.05) is 11.8 Å². The number of methoxy groups -OCH3 is 1. The molecule has 0 aromatic heterocycles. The molecule has 1 aliphatic heterocycles. The Balaban J connectivity index is 1.87. The van der Waals surface area contributed by atoms with E-state index in [0.29, 0.717) is 19.1 Å². The second-order valence-electron chi connectivity index (χ2n) is 4.88. The van der Waals surface area contributed by atoms with Crippen molar-refractivity contribution in [2.24, 2.45) is 0 Å². The molecule has 0 saturated carbocycles. The van der Waals surface area contributed by atoms with Crippen LogP contribution in [0.25, 0.3) is 0 Å². The summed E-state index contributed by atoms with van der Waals surface area (Å²) in [4.78, 5) is 3.60. The fraction of sp³-hybridized carbons (Fsp3) is 0.571. The van der Waals surface area contributed by atoms with Crippen molar-refractivity contribution in [3.63, 3.8) is 0 Å². The van der Waals surface area contributed by atoms with Gasteiger partial charge in [0, 0.05) is 36.8 Å². The van der Waals surface area contributed by atoms with Crippen LogP contribution >= 0.6 is 11.8 Å². The van der Waals surface area contributed by atoms with Crippen molar-refractivity contribution in [2.45, 2.75) is 16.9 Å². The Morgan fingerprint density at radius 3 is 3.06 bits per heavy atom. The highest BCUT2D eigenvalue weighted by molar-refractivity contribution is 7.99. The summed E-state index contributed by atoms with van der Waals surface area (Å²) in [7, 11) is 3.68. The van der Waals surface area contributed by atoms with Crippen molar-refractivity contribution in [3.05, 3.63) is 29.8 Å². The highest BCUT2D eigenvalue weighted by Crippen LogP contribution is 2.39. The Bertz CT molecular complexity index is 386. The number of nitrogens with zero attached hydrogens (tertiary/aromatic N) is 1. The number of aliphatic hydroxyl groups excluding tert-OH is 1. The first-order chi connectivity index (χ1) is 8.70. The van der Waals surface area contributed by atoms with Crippen LogP contribution < -0.4 is 0 Å². The van der Waals surface area contributed by atoms with Gasteiger partial charge in [0.15, 0.2) is 0 Å². The molecule has 0 saturated heterocycles.